The Morgan fingerprint density at radius 1 is 1.32 bits per heavy atom. The summed E-state index contributed by atoms with van der Waals surface area (Å²) in [5.74, 6) is 0.904. The van der Waals surface area contributed by atoms with E-state index in [9.17, 15) is 4.79 Å². The number of aromatic nitrogens is 1. The van der Waals surface area contributed by atoms with Crippen LogP contribution in [0.2, 0.25) is 0 Å². The van der Waals surface area contributed by atoms with E-state index >= 15 is 0 Å². The van der Waals surface area contributed by atoms with Crippen molar-refractivity contribution in [3.05, 3.63) is 65.5 Å². The molecule has 1 aromatic carbocycles. The van der Waals surface area contributed by atoms with E-state index in [4.69, 9.17) is 5.26 Å². The molecule has 3 atom stereocenters. The van der Waals surface area contributed by atoms with E-state index in [2.05, 4.69) is 17.2 Å². The smallest absolute Gasteiger partial charge is 0.270 e. The van der Waals surface area contributed by atoms with Crippen molar-refractivity contribution in [2.45, 2.75) is 19.4 Å². The van der Waals surface area contributed by atoms with Crippen molar-refractivity contribution in [3.63, 3.8) is 0 Å². The molecular formula is C18H17N3O. The van der Waals surface area contributed by atoms with E-state index < -0.39 is 0 Å². The molecule has 1 N–H and O–H groups in total. The Morgan fingerprint density at radius 2 is 2.05 bits per heavy atom. The third-order valence-corrected chi connectivity index (χ3v) is 4.17. The van der Waals surface area contributed by atoms with Gasteiger partial charge in [-0.25, -0.2) is 4.98 Å². The Labute approximate surface area is 129 Å². The summed E-state index contributed by atoms with van der Waals surface area (Å²) >= 11 is 0. The molecule has 0 radical (unpaired) electrons. The van der Waals surface area contributed by atoms with Gasteiger partial charge in [-0.1, -0.05) is 37.3 Å². The van der Waals surface area contributed by atoms with Gasteiger partial charge in [0.2, 0.25) is 0 Å². The summed E-state index contributed by atoms with van der Waals surface area (Å²) in [7, 11) is 0. The Hall–Kier alpha value is -2.67. The van der Waals surface area contributed by atoms with Crippen LogP contribution in [0.1, 0.15) is 41.0 Å². The largest absolute Gasteiger partial charge is 0.344 e. The molecule has 110 valence electrons. The molecule has 3 rings (SSSR count). The molecule has 1 amide bonds. The number of pyridine rings is 1. The molecule has 1 heterocycles. The first-order chi connectivity index (χ1) is 10.7. The minimum atomic E-state index is -0.197. The lowest BCUT2D eigenvalue weighted by Gasteiger charge is -2.19. The van der Waals surface area contributed by atoms with Gasteiger partial charge in [0.1, 0.15) is 11.8 Å². The zero-order valence-corrected chi connectivity index (χ0v) is 12.4. The minimum Gasteiger partial charge on any atom is -0.344 e. The summed E-state index contributed by atoms with van der Waals surface area (Å²) in [6.07, 6.45) is 2.55. The number of nitrogens with zero attached hydrogens (tertiary/aromatic N) is 2. The predicted octanol–water partition coefficient (Wildman–Crippen LogP) is 3.08. The average molecular weight is 291 g/mol. The van der Waals surface area contributed by atoms with E-state index in [1.165, 1.54) is 6.20 Å². The summed E-state index contributed by atoms with van der Waals surface area (Å²) < 4.78 is 0. The quantitative estimate of drug-likeness (QED) is 0.941. The Morgan fingerprint density at radius 3 is 2.59 bits per heavy atom. The number of benzene rings is 1. The van der Waals surface area contributed by atoms with Crippen LogP contribution in [0.25, 0.3) is 0 Å². The lowest BCUT2D eigenvalue weighted by molar-refractivity contribution is 0.0925. The molecule has 4 nitrogen and oxygen atoms in total. The molecule has 0 aliphatic heterocycles. The number of nitriles is 1. The van der Waals surface area contributed by atoms with Gasteiger partial charge in [0.05, 0.1) is 11.6 Å². The monoisotopic (exact) mass is 291 g/mol. The lowest BCUT2D eigenvalue weighted by atomic mass is 10.0. The number of hydrogen-bond acceptors (Lipinski definition) is 3. The van der Waals surface area contributed by atoms with Gasteiger partial charge in [0.25, 0.3) is 5.91 Å². The summed E-state index contributed by atoms with van der Waals surface area (Å²) in [6, 6.07) is 15.3. The van der Waals surface area contributed by atoms with Crippen molar-refractivity contribution >= 4 is 5.91 Å². The van der Waals surface area contributed by atoms with Crippen molar-refractivity contribution in [3.8, 4) is 6.07 Å². The highest BCUT2D eigenvalue weighted by molar-refractivity contribution is 5.92. The Bertz CT molecular complexity index is 703. The molecule has 2 aromatic rings. The van der Waals surface area contributed by atoms with Gasteiger partial charge in [0.15, 0.2) is 0 Å². The maximum absolute atomic E-state index is 12.4. The van der Waals surface area contributed by atoms with Gasteiger partial charge in [0, 0.05) is 6.20 Å². The number of hydrogen-bond donors (Lipinski definition) is 1. The second-order valence-corrected chi connectivity index (χ2v) is 5.78. The van der Waals surface area contributed by atoms with Crippen molar-refractivity contribution in [1.29, 1.82) is 5.26 Å². The molecule has 1 aliphatic rings. The lowest BCUT2D eigenvalue weighted by Crippen LogP contribution is -2.30. The fourth-order valence-corrected chi connectivity index (χ4v) is 2.72. The highest BCUT2D eigenvalue weighted by Crippen LogP contribution is 2.46. The molecule has 3 unspecified atom stereocenters. The number of amides is 1. The summed E-state index contributed by atoms with van der Waals surface area (Å²) in [4.78, 5) is 16.5. The molecule has 1 aromatic heterocycles. The topological polar surface area (TPSA) is 65.8 Å². The molecule has 4 heteroatoms. The van der Waals surface area contributed by atoms with Crippen molar-refractivity contribution in [2.75, 3.05) is 0 Å². The third-order valence-electron chi connectivity index (χ3n) is 4.17. The van der Waals surface area contributed by atoms with Crippen LogP contribution < -0.4 is 5.32 Å². The number of rotatable bonds is 4. The Balaban J connectivity index is 1.78. The zero-order valence-electron chi connectivity index (χ0n) is 12.4. The van der Waals surface area contributed by atoms with Crippen LogP contribution in [0.4, 0.5) is 0 Å². The molecule has 1 fully saturated rings. The van der Waals surface area contributed by atoms with Gasteiger partial charge < -0.3 is 5.32 Å². The molecule has 0 bridgehead atoms. The molecule has 22 heavy (non-hydrogen) atoms. The van der Waals surface area contributed by atoms with E-state index in [-0.39, 0.29) is 11.9 Å². The zero-order chi connectivity index (χ0) is 15.5. The van der Waals surface area contributed by atoms with E-state index in [0.29, 0.717) is 23.1 Å². The van der Waals surface area contributed by atoms with Gasteiger partial charge >= 0.3 is 0 Å². The second-order valence-electron chi connectivity index (χ2n) is 5.78. The van der Waals surface area contributed by atoms with E-state index in [1.54, 1.807) is 12.1 Å². The van der Waals surface area contributed by atoms with Crippen LogP contribution in [0.5, 0.6) is 0 Å². The normalized spacial score (nSPS) is 20.7. The van der Waals surface area contributed by atoms with Crippen LogP contribution >= 0.6 is 0 Å². The SMILES string of the molecule is CC1CC1C(NC(=O)c1ccc(C#N)cn1)c1ccccc1. The number of nitrogens with one attached hydrogen (secondary N) is 1. The molecule has 0 saturated heterocycles. The van der Waals surface area contributed by atoms with E-state index in [0.717, 1.165) is 12.0 Å². The number of carbonyl (C=O) groups excluding carboxylic acids is 1. The van der Waals surface area contributed by atoms with Crippen LogP contribution in [0.15, 0.2) is 48.7 Å². The van der Waals surface area contributed by atoms with Crippen molar-refractivity contribution < 1.29 is 4.79 Å². The summed E-state index contributed by atoms with van der Waals surface area (Å²) in [5, 5.41) is 11.9. The first-order valence-electron chi connectivity index (χ1n) is 7.41. The summed E-state index contributed by atoms with van der Waals surface area (Å²) in [5.41, 5.74) is 1.92. The fraction of sp³-hybridized carbons (Fsp3) is 0.278. The molecule has 0 spiro atoms. The average Bonchev–Trinajstić information content (AvgIpc) is 3.29. The van der Waals surface area contributed by atoms with Crippen molar-refractivity contribution in [2.24, 2.45) is 11.8 Å². The highest BCUT2D eigenvalue weighted by atomic mass is 16.1. The predicted molar refractivity (Wildman–Crippen MR) is 82.9 cm³/mol. The van der Waals surface area contributed by atoms with Gasteiger partial charge in [-0.15, -0.1) is 0 Å². The number of carbonyl (C=O) groups is 1. The molecular weight excluding hydrogens is 274 g/mol. The third kappa shape index (κ3) is 2.99. The fourth-order valence-electron chi connectivity index (χ4n) is 2.72. The van der Waals surface area contributed by atoms with Crippen LogP contribution in [0, 0.1) is 23.2 Å². The Kier molecular flexibility index (Phi) is 3.88. The van der Waals surface area contributed by atoms with Gasteiger partial charge in [-0.3, -0.25) is 4.79 Å². The minimum absolute atomic E-state index is 0.0149. The first kappa shape index (κ1) is 14.3. The van der Waals surface area contributed by atoms with E-state index in [1.807, 2.05) is 36.4 Å². The first-order valence-corrected chi connectivity index (χ1v) is 7.41. The second kappa shape index (κ2) is 5.98. The molecule has 1 aliphatic carbocycles. The standard InChI is InChI=1S/C18H17N3O/c1-12-9-15(12)17(14-5-3-2-4-6-14)21-18(22)16-8-7-13(10-19)11-20-16/h2-8,11-12,15,17H,9H2,1H3,(H,21,22). The van der Waals surface area contributed by atoms with Gasteiger partial charge in [-0.05, 0) is 36.0 Å². The highest BCUT2D eigenvalue weighted by Gasteiger charge is 2.41. The summed E-state index contributed by atoms with van der Waals surface area (Å²) in [6.45, 7) is 2.20. The van der Waals surface area contributed by atoms with Crippen LogP contribution in [-0.4, -0.2) is 10.9 Å². The van der Waals surface area contributed by atoms with Crippen LogP contribution in [0.3, 0.4) is 0 Å². The maximum Gasteiger partial charge on any atom is 0.270 e. The van der Waals surface area contributed by atoms with Crippen LogP contribution in [-0.2, 0) is 0 Å². The van der Waals surface area contributed by atoms with Gasteiger partial charge in [-0.2, -0.15) is 5.26 Å². The maximum atomic E-state index is 12.4. The molecule has 1 saturated carbocycles. The van der Waals surface area contributed by atoms with Crippen molar-refractivity contribution in [1.82, 2.24) is 10.3 Å².